The van der Waals surface area contributed by atoms with E-state index in [-0.39, 0.29) is 30.3 Å². The van der Waals surface area contributed by atoms with Gasteiger partial charge in [-0.1, -0.05) is 68.8 Å². The molecule has 0 bridgehead atoms. The van der Waals surface area contributed by atoms with Crippen molar-refractivity contribution < 1.29 is 19.1 Å². The first kappa shape index (κ1) is 21.5. The molecule has 0 heterocycles. The number of esters is 1. The van der Waals surface area contributed by atoms with Crippen molar-refractivity contribution in [2.75, 3.05) is 20.3 Å². The number of carbonyl (C=O) groups is 2. The standard InChI is InChI=1S/C23H29NO4/c1-4-17(2)22(19-11-6-5-7-12-19)23(26)28-16-21(25)24-15-14-18-10-8-9-13-20(18)27-3/h5-13,17,22H,4,14-16H2,1-3H3,(H,24,25)/t17-,22+/m1/s1. The number of hydrogen-bond acceptors (Lipinski definition) is 4. The Balaban J connectivity index is 1.84. The second kappa shape index (κ2) is 11.1. The topological polar surface area (TPSA) is 64.6 Å². The van der Waals surface area contributed by atoms with Crippen LogP contribution in [0.5, 0.6) is 5.75 Å². The summed E-state index contributed by atoms with van der Waals surface area (Å²) < 4.78 is 10.6. The summed E-state index contributed by atoms with van der Waals surface area (Å²) in [7, 11) is 1.62. The molecule has 1 N–H and O–H groups in total. The second-order valence-corrected chi connectivity index (χ2v) is 6.79. The average molecular weight is 383 g/mol. The van der Waals surface area contributed by atoms with Gasteiger partial charge in [-0.25, -0.2) is 0 Å². The zero-order valence-corrected chi connectivity index (χ0v) is 16.8. The van der Waals surface area contributed by atoms with Crippen molar-refractivity contribution in [1.82, 2.24) is 5.32 Å². The summed E-state index contributed by atoms with van der Waals surface area (Å²) in [5.41, 5.74) is 1.93. The lowest BCUT2D eigenvalue weighted by Crippen LogP contribution is -2.32. The van der Waals surface area contributed by atoms with Crippen LogP contribution in [0.3, 0.4) is 0 Å². The highest BCUT2D eigenvalue weighted by Crippen LogP contribution is 2.28. The number of carbonyl (C=O) groups excluding carboxylic acids is 2. The van der Waals surface area contributed by atoms with Crippen LogP contribution in [0.4, 0.5) is 0 Å². The number of nitrogens with one attached hydrogen (secondary N) is 1. The zero-order valence-electron chi connectivity index (χ0n) is 16.8. The van der Waals surface area contributed by atoms with Crippen molar-refractivity contribution in [2.24, 2.45) is 5.92 Å². The van der Waals surface area contributed by atoms with Crippen LogP contribution < -0.4 is 10.1 Å². The fourth-order valence-corrected chi connectivity index (χ4v) is 3.12. The molecule has 0 fully saturated rings. The Morgan fingerprint density at radius 1 is 1.04 bits per heavy atom. The predicted octanol–water partition coefficient (Wildman–Crippen LogP) is 3.73. The minimum atomic E-state index is -0.368. The maximum atomic E-state index is 12.6. The van der Waals surface area contributed by atoms with E-state index in [1.807, 2.05) is 68.4 Å². The Hall–Kier alpha value is -2.82. The molecule has 1 amide bonds. The monoisotopic (exact) mass is 383 g/mol. The summed E-state index contributed by atoms with van der Waals surface area (Å²) in [5, 5.41) is 2.79. The third kappa shape index (κ3) is 6.12. The molecule has 0 saturated heterocycles. The molecule has 28 heavy (non-hydrogen) atoms. The van der Waals surface area contributed by atoms with Crippen LogP contribution in [0, 0.1) is 5.92 Å². The van der Waals surface area contributed by atoms with Crippen LogP contribution in [-0.2, 0) is 20.7 Å². The van der Waals surface area contributed by atoms with E-state index in [0.717, 1.165) is 23.3 Å². The molecule has 0 unspecified atom stereocenters. The minimum absolute atomic E-state index is 0.128. The Morgan fingerprint density at radius 3 is 2.39 bits per heavy atom. The summed E-state index contributed by atoms with van der Waals surface area (Å²) in [4.78, 5) is 24.7. The number of ether oxygens (including phenoxy) is 2. The molecule has 0 radical (unpaired) electrons. The molecule has 2 rings (SSSR count). The van der Waals surface area contributed by atoms with E-state index < -0.39 is 0 Å². The van der Waals surface area contributed by atoms with Gasteiger partial charge in [0.1, 0.15) is 5.75 Å². The highest BCUT2D eigenvalue weighted by Gasteiger charge is 2.27. The molecule has 0 saturated carbocycles. The Kier molecular flexibility index (Phi) is 8.53. The first-order valence-electron chi connectivity index (χ1n) is 9.67. The smallest absolute Gasteiger partial charge is 0.314 e. The van der Waals surface area contributed by atoms with Gasteiger partial charge >= 0.3 is 5.97 Å². The minimum Gasteiger partial charge on any atom is -0.496 e. The van der Waals surface area contributed by atoms with Crippen LogP contribution >= 0.6 is 0 Å². The van der Waals surface area contributed by atoms with Gasteiger partial charge in [0.25, 0.3) is 5.91 Å². The van der Waals surface area contributed by atoms with Crippen molar-refractivity contribution in [1.29, 1.82) is 0 Å². The summed E-state index contributed by atoms with van der Waals surface area (Å²) in [6.45, 7) is 4.24. The van der Waals surface area contributed by atoms with E-state index in [2.05, 4.69) is 5.32 Å². The molecule has 5 nitrogen and oxygen atoms in total. The molecule has 0 aliphatic carbocycles. The van der Waals surface area contributed by atoms with Crippen LogP contribution in [0.25, 0.3) is 0 Å². The Bertz CT molecular complexity index is 760. The number of rotatable bonds is 10. The fraction of sp³-hybridized carbons (Fsp3) is 0.391. The van der Waals surface area contributed by atoms with Crippen molar-refractivity contribution in [3.05, 3.63) is 65.7 Å². The quantitative estimate of drug-likeness (QED) is 0.635. The highest BCUT2D eigenvalue weighted by atomic mass is 16.5. The normalized spacial score (nSPS) is 12.7. The highest BCUT2D eigenvalue weighted by molar-refractivity contribution is 5.83. The largest absolute Gasteiger partial charge is 0.496 e. The van der Waals surface area contributed by atoms with Gasteiger partial charge in [0.2, 0.25) is 0 Å². The van der Waals surface area contributed by atoms with Crippen molar-refractivity contribution in [3.8, 4) is 5.75 Å². The molecule has 150 valence electrons. The summed E-state index contributed by atoms with van der Waals surface area (Å²) >= 11 is 0. The van der Waals surface area contributed by atoms with Gasteiger partial charge in [-0.15, -0.1) is 0 Å². The first-order valence-corrected chi connectivity index (χ1v) is 9.67. The molecule has 0 aliphatic rings. The lowest BCUT2D eigenvalue weighted by atomic mass is 9.86. The average Bonchev–Trinajstić information content (AvgIpc) is 2.73. The van der Waals surface area contributed by atoms with Gasteiger partial charge in [0, 0.05) is 6.54 Å². The first-order chi connectivity index (χ1) is 13.6. The SMILES string of the molecule is CC[C@@H](C)[C@H](C(=O)OCC(=O)NCCc1ccccc1OC)c1ccccc1. The molecule has 0 aromatic heterocycles. The molecule has 2 aromatic carbocycles. The summed E-state index contributed by atoms with van der Waals surface area (Å²) in [5.74, 6) is -0.113. The van der Waals surface area contributed by atoms with Gasteiger partial charge in [0.15, 0.2) is 6.61 Å². The van der Waals surface area contributed by atoms with Crippen molar-refractivity contribution in [3.63, 3.8) is 0 Å². The number of methoxy groups -OCH3 is 1. The van der Waals surface area contributed by atoms with E-state index >= 15 is 0 Å². The second-order valence-electron chi connectivity index (χ2n) is 6.79. The molecule has 0 aliphatic heterocycles. The van der Waals surface area contributed by atoms with Crippen LogP contribution in [-0.4, -0.2) is 32.1 Å². The summed E-state index contributed by atoms with van der Waals surface area (Å²) in [6, 6.07) is 17.2. The molecular weight excluding hydrogens is 354 g/mol. The number of para-hydroxylation sites is 1. The molecule has 0 spiro atoms. The van der Waals surface area contributed by atoms with E-state index in [1.165, 1.54) is 0 Å². The maximum Gasteiger partial charge on any atom is 0.314 e. The molecular formula is C23H29NO4. The van der Waals surface area contributed by atoms with Gasteiger partial charge in [-0.05, 0) is 29.5 Å². The number of hydrogen-bond donors (Lipinski definition) is 1. The predicted molar refractivity (Wildman–Crippen MR) is 109 cm³/mol. The molecule has 5 heteroatoms. The van der Waals surface area contributed by atoms with E-state index in [4.69, 9.17) is 9.47 Å². The number of amides is 1. The van der Waals surface area contributed by atoms with Crippen LogP contribution in [0.15, 0.2) is 54.6 Å². The molecule has 2 atom stereocenters. The lowest BCUT2D eigenvalue weighted by molar-refractivity contribution is -0.151. The zero-order chi connectivity index (χ0) is 20.4. The Labute approximate surface area is 167 Å². The van der Waals surface area contributed by atoms with Gasteiger partial charge in [0.05, 0.1) is 13.0 Å². The van der Waals surface area contributed by atoms with Gasteiger partial charge in [-0.2, -0.15) is 0 Å². The molecule has 2 aromatic rings. The van der Waals surface area contributed by atoms with Gasteiger partial charge in [-0.3, -0.25) is 9.59 Å². The lowest BCUT2D eigenvalue weighted by Gasteiger charge is -2.21. The van der Waals surface area contributed by atoms with Crippen LogP contribution in [0.2, 0.25) is 0 Å². The van der Waals surface area contributed by atoms with Crippen molar-refractivity contribution in [2.45, 2.75) is 32.6 Å². The van der Waals surface area contributed by atoms with E-state index in [0.29, 0.717) is 13.0 Å². The third-order valence-electron chi connectivity index (χ3n) is 4.88. The maximum absolute atomic E-state index is 12.6. The number of benzene rings is 2. The Morgan fingerprint density at radius 2 is 1.71 bits per heavy atom. The van der Waals surface area contributed by atoms with Crippen molar-refractivity contribution >= 4 is 11.9 Å². The third-order valence-corrected chi connectivity index (χ3v) is 4.88. The van der Waals surface area contributed by atoms with Gasteiger partial charge < -0.3 is 14.8 Å². The summed E-state index contributed by atoms with van der Waals surface area (Å²) in [6.07, 6.45) is 1.49. The van der Waals surface area contributed by atoms with E-state index in [1.54, 1.807) is 7.11 Å². The van der Waals surface area contributed by atoms with Crippen LogP contribution in [0.1, 0.15) is 37.3 Å². The van der Waals surface area contributed by atoms with E-state index in [9.17, 15) is 9.59 Å². The fourth-order valence-electron chi connectivity index (χ4n) is 3.12.